The van der Waals surface area contributed by atoms with E-state index in [4.69, 9.17) is 5.84 Å². The number of hydrogen-bond acceptors (Lipinski definition) is 4. The van der Waals surface area contributed by atoms with Gasteiger partial charge in [-0.1, -0.05) is 11.6 Å². The molecule has 6 heteroatoms. The van der Waals surface area contributed by atoms with Crippen molar-refractivity contribution in [1.29, 1.82) is 0 Å². The zero-order chi connectivity index (χ0) is 14.7. The van der Waals surface area contributed by atoms with Crippen molar-refractivity contribution in [1.82, 2.24) is 9.80 Å². The highest BCUT2D eigenvalue weighted by molar-refractivity contribution is 6.01. The third-order valence-electron chi connectivity index (χ3n) is 3.52. The average molecular weight is 276 g/mol. The van der Waals surface area contributed by atoms with E-state index in [9.17, 15) is 9.59 Å². The number of nitrogens with one attached hydrogen (secondary N) is 1. The van der Waals surface area contributed by atoms with Gasteiger partial charge in [0, 0.05) is 20.1 Å². The van der Waals surface area contributed by atoms with Crippen LogP contribution in [-0.4, -0.2) is 48.3 Å². The van der Waals surface area contributed by atoms with Crippen molar-refractivity contribution < 1.29 is 9.59 Å². The fourth-order valence-corrected chi connectivity index (χ4v) is 2.29. The van der Waals surface area contributed by atoms with Gasteiger partial charge in [0.15, 0.2) is 0 Å². The minimum atomic E-state index is -0.162. The first-order valence-corrected chi connectivity index (χ1v) is 6.63. The molecular formula is C14H20N4O2. The number of nitrogen functional groups attached to an aromatic ring is 1. The van der Waals surface area contributed by atoms with Crippen LogP contribution in [-0.2, 0) is 4.79 Å². The first-order valence-electron chi connectivity index (χ1n) is 6.63. The normalized spacial score (nSPS) is 16.1. The Kier molecular flexibility index (Phi) is 4.24. The van der Waals surface area contributed by atoms with Crippen LogP contribution in [0.15, 0.2) is 18.2 Å². The molecule has 0 aromatic heterocycles. The highest BCUT2D eigenvalue weighted by Gasteiger charge is 2.25. The Morgan fingerprint density at radius 2 is 2.10 bits per heavy atom. The molecule has 1 aromatic carbocycles. The molecule has 0 aliphatic carbocycles. The van der Waals surface area contributed by atoms with Gasteiger partial charge >= 0.3 is 0 Å². The van der Waals surface area contributed by atoms with Gasteiger partial charge in [0.25, 0.3) is 5.91 Å². The van der Waals surface area contributed by atoms with Gasteiger partial charge in [-0.3, -0.25) is 15.4 Å². The lowest BCUT2D eigenvalue weighted by Gasteiger charge is -2.21. The predicted molar refractivity (Wildman–Crippen MR) is 77.1 cm³/mol. The molecule has 108 valence electrons. The van der Waals surface area contributed by atoms with Crippen molar-refractivity contribution in [2.24, 2.45) is 5.84 Å². The van der Waals surface area contributed by atoms with Gasteiger partial charge in [0.1, 0.15) is 6.54 Å². The van der Waals surface area contributed by atoms with E-state index in [1.807, 2.05) is 13.0 Å². The van der Waals surface area contributed by atoms with E-state index in [2.05, 4.69) is 5.43 Å². The quantitative estimate of drug-likeness (QED) is 0.612. The maximum atomic E-state index is 12.6. The number of anilines is 1. The van der Waals surface area contributed by atoms with Gasteiger partial charge < -0.3 is 15.2 Å². The first kappa shape index (κ1) is 14.3. The number of benzene rings is 1. The molecule has 2 amide bonds. The van der Waals surface area contributed by atoms with Crippen molar-refractivity contribution in [2.75, 3.05) is 32.1 Å². The summed E-state index contributed by atoms with van der Waals surface area (Å²) < 4.78 is 0. The van der Waals surface area contributed by atoms with Crippen molar-refractivity contribution >= 4 is 17.5 Å². The van der Waals surface area contributed by atoms with Crippen molar-refractivity contribution in [3.63, 3.8) is 0 Å². The number of hydrogen-bond donors (Lipinski definition) is 2. The van der Waals surface area contributed by atoms with Crippen molar-refractivity contribution in [3.8, 4) is 0 Å². The lowest BCUT2D eigenvalue weighted by atomic mass is 10.1. The molecule has 1 aromatic rings. The SMILES string of the molecule is Cc1ccc(NN)c(C(=O)N2CCCN(C)C(=O)C2)c1. The Balaban J connectivity index is 2.26. The molecule has 0 atom stereocenters. The van der Waals surface area contributed by atoms with Gasteiger partial charge in [-0.2, -0.15) is 0 Å². The number of aryl methyl sites for hydroxylation is 1. The highest BCUT2D eigenvalue weighted by Crippen LogP contribution is 2.19. The molecule has 1 saturated heterocycles. The molecule has 0 unspecified atom stereocenters. The Morgan fingerprint density at radius 1 is 1.35 bits per heavy atom. The zero-order valence-corrected chi connectivity index (χ0v) is 11.8. The second kappa shape index (κ2) is 5.92. The fourth-order valence-electron chi connectivity index (χ4n) is 2.29. The van der Waals surface area contributed by atoms with E-state index >= 15 is 0 Å². The van der Waals surface area contributed by atoms with E-state index in [0.29, 0.717) is 24.3 Å². The monoisotopic (exact) mass is 276 g/mol. The molecule has 1 heterocycles. The smallest absolute Gasteiger partial charge is 0.256 e. The molecule has 0 radical (unpaired) electrons. The summed E-state index contributed by atoms with van der Waals surface area (Å²) in [7, 11) is 1.76. The van der Waals surface area contributed by atoms with E-state index in [1.54, 1.807) is 29.0 Å². The first-order chi connectivity index (χ1) is 9.52. The number of rotatable bonds is 2. The van der Waals surface area contributed by atoms with Crippen LogP contribution in [0, 0.1) is 6.92 Å². The van der Waals surface area contributed by atoms with Gasteiger partial charge in [-0.05, 0) is 25.5 Å². The van der Waals surface area contributed by atoms with Gasteiger partial charge in [-0.25, -0.2) is 0 Å². The lowest BCUT2D eigenvalue weighted by molar-refractivity contribution is -0.129. The molecule has 0 spiro atoms. The molecule has 6 nitrogen and oxygen atoms in total. The summed E-state index contributed by atoms with van der Waals surface area (Å²) in [6.45, 7) is 3.29. The topological polar surface area (TPSA) is 78.7 Å². The van der Waals surface area contributed by atoms with Crippen LogP contribution in [0.25, 0.3) is 0 Å². The summed E-state index contributed by atoms with van der Waals surface area (Å²) in [5, 5.41) is 0. The summed E-state index contributed by atoms with van der Waals surface area (Å²) in [6, 6.07) is 5.44. The molecule has 1 aliphatic rings. The Hall–Kier alpha value is -2.08. The summed E-state index contributed by atoms with van der Waals surface area (Å²) >= 11 is 0. The standard InChI is InChI=1S/C14H20N4O2/c1-10-4-5-12(16-15)11(8-10)14(20)18-7-3-6-17(2)13(19)9-18/h4-5,8,16H,3,6-7,9,15H2,1-2H3. The van der Waals surface area contributed by atoms with Crippen molar-refractivity contribution in [2.45, 2.75) is 13.3 Å². The van der Waals surface area contributed by atoms with Gasteiger partial charge in [-0.15, -0.1) is 0 Å². The van der Waals surface area contributed by atoms with E-state index < -0.39 is 0 Å². The number of carbonyl (C=O) groups is 2. The molecule has 1 fully saturated rings. The number of likely N-dealkylation sites (N-methyl/N-ethyl adjacent to an activating group) is 1. The van der Waals surface area contributed by atoms with Crippen LogP contribution in [0.2, 0.25) is 0 Å². The summed E-state index contributed by atoms with van der Waals surface area (Å²) in [4.78, 5) is 27.7. The van der Waals surface area contributed by atoms with Crippen molar-refractivity contribution in [3.05, 3.63) is 29.3 Å². The predicted octanol–water partition coefficient (Wildman–Crippen LogP) is 0.585. The maximum Gasteiger partial charge on any atom is 0.256 e. The summed E-state index contributed by atoms with van der Waals surface area (Å²) in [6.07, 6.45) is 0.783. The van der Waals surface area contributed by atoms with E-state index in [0.717, 1.165) is 12.0 Å². The third kappa shape index (κ3) is 2.91. The van der Waals surface area contributed by atoms with Crippen LogP contribution in [0.4, 0.5) is 5.69 Å². The molecule has 20 heavy (non-hydrogen) atoms. The second-order valence-corrected chi connectivity index (χ2v) is 5.09. The molecule has 0 bridgehead atoms. The zero-order valence-electron chi connectivity index (χ0n) is 11.8. The van der Waals surface area contributed by atoms with Crippen LogP contribution < -0.4 is 11.3 Å². The van der Waals surface area contributed by atoms with Crippen LogP contribution in [0.5, 0.6) is 0 Å². The molecule has 1 aliphatic heterocycles. The molecular weight excluding hydrogens is 256 g/mol. The number of carbonyl (C=O) groups excluding carboxylic acids is 2. The fraction of sp³-hybridized carbons (Fsp3) is 0.429. The highest BCUT2D eigenvalue weighted by atomic mass is 16.2. The second-order valence-electron chi connectivity index (χ2n) is 5.09. The van der Waals surface area contributed by atoms with E-state index in [1.165, 1.54) is 0 Å². The number of amides is 2. The summed E-state index contributed by atoms with van der Waals surface area (Å²) in [5.74, 6) is 5.25. The van der Waals surface area contributed by atoms with Crippen LogP contribution >= 0.6 is 0 Å². The maximum absolute atomic E-state index is 12.6. The van der Waals surface area contributed by atoms with Gasteiger partial charge in [0.2, 0.25) is 5.91 Å². The molecule has 2 rings (SSSR count). The molecule has 0 saturated carbocycles. The third-order valence-corrected chi connectivity index (χ3v) is 3.52. The Bertz CT molecular complexity index is 530. The number of hydrazine groups is 1. The van der Waals surface area contributed by atoms with Crippen LogP contribution in [0.3, 0.4) is 0 Å². The molecule has 3 N–H and O–H groups in total. The van der Waals surface area contributed by atoms with E-state index in [-0.39, 0.29) is 18.4 Å². The number of nitrogens with two attached hydrogens (primary N) is 1. The largest absolute Gasteiger partial charge is 0.344 e. The minimum Gasteiger partial charge on any atom is -0.344 e. The average Bonchev–Trinajstić information content (AvgIpc) is 2.60. The Morgan fingerprint density at radius 3 is 2.80 bits per heavy atom. The van der Waals surface area contributed by atoms with Gasteiger partial charge in [0.05, 0.1) is 11.3 Å². The van der Waals surface area contributed by atoms with Crippen LogP contribution in [0.1, 0.15) is 22.3 Å². The summed E-state index contributed by atoms with van der Waals surface area (Å²) in [5.41, 5.74) is 4.59. The number of nitrogens with zero attached hydrogens (tertiary/aromatic N) is 2. The Labute approximate surface area is 118 Å². The minimum absolute atomic E-state index is 0.0363. The lowest BCUT2D eigenvalue weighted by Crippen LogP contribution is -2.38.